The minimum atomic E-state index is -1.74. The van der Waals surface area contributed by atoms with E-state index in [1.165, 1.54) is 12.1 Å². The average molecular weight is 308 g/mol. The first kappa shape index (κ1) is 15.4. The molecule has 2 nitrogen and oxygen atoms in total. The molecule has 0 N–H and O–H groups in total. The Balaban J connectivity index is 3.08. The first-order chi connectivity index (χ1) is 8.32. The molecule has 5 heteroatoms. The number of hydrogen-bond donors (Lipinski definition) is 0. The first-order valence-electron chi connectivity index (χ1n) is 5.40. The van der Waals surface area contributed by atoms with Crippen LogP contribution in [0.15, 0.2) is 39.1 Å². The van der Waals surface area contributed by atoms with E-state index >= 15 is 0 Å². The van der Waals surface area contributed by atoms with Gasteiger partial charge in [0.15, 0.2) is 11.2 Å². The number of alkyl halides is 3. The van der Waals surface area contributed by atoms with Crippen molar-refractivity contribution in [2.75, 3.05) is 0 Å². The molecule has 0 saturated carbocycles. The second kappa shape index (κ2) is 6.46. The van der Waals surface area contributed by atoms with Gasteiger partial charge in [0.1, 0.15) is 5.76 Å². The Bertz CT molecular complexity index is 522. The molecule has 0 radical (unpaired) electrons. The van der Waals surface area contributed by atoms with Crippen molar-refractivity contribution < 1.29 is 4.42 Å². The molecule has 0 atom stereocenters. The largest absolute Gasteiger partial charge is 0.457 e. The number of rotatable bonds is 3. The number of hydrogen-bond acceptors (Lipinski definition) is 2. The SMILES string of the molecule is CCC=C(C)C=Cc1cc(=O)cc(C(Cl)(Cl)Cl)o1. The molecule has 98 valence electrons. The second-order valence-electron chi connectivity index (χ2n) is 3.75. The van der Waals surface area contributed by atoms with Crippen molar-refractivity contribution in [3.05, 3.63) is 51.6 Å². The molecule has 0 aliphatic heterocycles. The highest BCUT2D eigenvalue weighted by Crippen LogP contribution is 2.37. The lowest BCUT2D eigenvalue weighted by atomic mass is 10.2. The molecule has 1 rings (SSSR count). The summed E-state index contributed by atoms with van der Waals surface area (Å²) in [5, 5.41) is 0. The van der Waals surface area contributed by atoms with Crippen LogP contribution < -0.4 is 5.43 Å². The van der Waals surface area contributed by atoms with E-state index in [0.717, 1.165) is 12.0 Å². The third kappa shape index (κ3) is 4.89. The van der Waals surface area contributed by atoms with Gasteiger partial charge in [0.25, 0.3) is 0 Å². The molecular weight excluding hydrogens is 294 g/mol. The van der Waals surface area contributed by atoms with Gasteiger partial charge in [0, 0.05) is 12.1 Å². The van der Waals surface area contributed by atoms with Gasteiger partial charge < -0.3 is 4.42 Å². The summed E-state index contributed by atoms with van der Waals surface area (Å²) in [4.78, 5) is 11.4. The van der Waals surface area contributed by atoms with Crippen molar-refractivity contribution >= 4 is 40.9 Å². The monoisotopic (exact) mass is 306 g/mol. The molecule has 0 amide bonds. The topological polar surface area (TPSA) is 30.2 Å². The van der Waals surface area contributed by atoms with Crippen molar-refractivity contribution in [1.29, 1.82) is 0 Å². The van der Waals surface area contributed by atoms with Gasteiger partial charge in [0.2, 0.25) is 3.79 Å². The first-order valence-corrected chi connectivity index (χ1v) is 6.53. The van der Waals surface area contributed by atoms with Gasteiger partial charge in [-0.05, 0) is 19.4 Å². The highest BCUT2D eigenvalue weighted by molar-refractivity contribution is 6.66. The minimum absolute atomic E-state index is 0.0109. The van der Waals surface area contributed by atoms with Gasteiger partial charge in [-0.3, -0.25) is 4.79 Å². The molecule has 0 bridgehead atoms. The van der Waals surface area contributed by atoms with E-state index in [9.17, 15) is 4.79 Å². The van der Waals surface area contributed by atoms with Gasteiger partial charge in [-0.15, -0.1) is 0 Å². The molecule has 0 spiro atoms. The quantitative estimate of drug-likeness (QED) is 0.591. The zero-order valence-electron chi connectivity index (χ0n) is 10.0. The number of halogens is 3. The molecule has 0 fully saturated rings. The van der Waals surface area contributed by atoms with E-state index in [4.69, 9.17) is 39.2 Å². The Morgan fingerprint density at radius 1 is 1.39 bits per heavy atom. The molecule has 0 unspecified atom stereocenters. The molecule has 0 saturated heterocycles. The van der Waals surface area contributed by atoms with Gasteiger partial charge in [-0.25, -0.2) is 0 Å². The van der Waals surface area contributed by atoms with Crippen LogP contribution in [0.4, 0.5) is 0 Å². The van der Waals surface area contributed by atoms with Crippen LogP contribution in [0.5, 0.6) is 0 Å². The van der Waals surface area contributed by atoms with Gasteiger partial charge in [-0.1, -0.05) is 59.5 Å². The maximum Gasteiger partial charge on any atom is 0.248 e. The molecule has 1 heterocycles. The van der Waals surface area contributed by atoms with Crippen molar-refractivity contribution in [1.82, 2.24) is 0 Å². The number of allylic oxidation sites excluding steroid dienone is 3. The minimum Gasteiger partial charge on any atom is -0.457 e. The normalized spacial score (nSPS) is 13.3. The van der Waals surface area contributed by atoms with Crippen LogP contribution in [0.3, 0.4) is 0 Å². The maximum absolute atomic E-state index is 11.4. The summed E-state index contributed by atoms with van der Waals surface area (Å²) in [6.45, 7) is 4.00. The van der Waals surface area contributed by atoms with Crippen LogP contribution in [0, 0.1) is 0 Å². The molecule has 1 aromatic heterocycles. The fourth-order valence-corrected chi connectivity index (χ4v) is 1.60. The average Bonchev–Trinajstić information content (AvgIpc) is 2.25. The van der Waals surface area contributed by atoms with Crippen LogP contribution in [-0.2, 0) is 3.79 Å². The lowest BCUT2D eigenvalue weighted by Crippen LogP contribution is -2.07. The summed E-state index contributed by atoms with van der Waals surface area (Å²) in [5.74, 6) is 0.365. The van der Waals surface area contributed by atoms with Crippen LogP contribution in [-0.4, -0.2) is 0 Å². The molecule has 0 aliphatic carbocycles. The second-order valence-corrected chi connectivity index (χ2v) is 6.03. The zero-order chi connectivity index (χ0) is 13.8. The van der Waals surface area contributed by atoms with Crippen LogP contribution in [0.1, 0.15) is 31.8 Å². The highest BCUT2D eigenvalue weighted by atomic mass is 35.6. The van der Waals surface area contributed by atoms with Crippen LogP contribution in [0.25, 0.3) is 6.08 Å². The lowest BCUT2D eigenvalue weighted by Gasteiger charge is -2.09. The molecule has 18 heavy (non-hydrogen) atoms. The van der Waals surface area contributed by atoms with Crippen LogP contribution in [0.2, 0.25) is 0 Å². The van der Waals surface area contributed by atoms with Crippen molar-refractivity contribution in [2.24, 2.45) is 0 Å². The van der Waals surface area contributed by atoms with E-state index in [1.807, 2.05) is 26.0 Å². The van der Waals surface area contributed by atoms with Gasteiger partial charge >= 0.3 is 0 Å². The Hall–Kier alpha value is -0.700. The van der Waals surface area contributed by atoms with Crippen molar-refractivity contribution in [3.63, 3.8) is 0 Å². The summed E-state index contributed by atoms with van der Waals surface area (Å²) < 4.78 is 3.60. The molecule has 0 aliphatic rings. The standard InChI is InChI=1S/C13H13Cl3O2/c1-3-4-9(2)5-6-11-7-10(17)8-12(18-11)13(14,15)16/h4-8H,3H2,1-2H3. The third-order valence-electron chi connectivity index (χ3n) is 2.10. The van der Waals surface area contributed by atoms with Crippen LogP contribution >= 0.6 is 34.8 Å². The lowest BCUT2D eigenvalue weighted by molar-refractivity contribution is 0.489. The Morgan fingerprint density at radius 2 is 2.06 bits per heavy atom. The predicted molar refractivity (Wildman–Crippen MR) is 77.3 cm³/mol. The Morgan fingerprint density at radius 3 is 2.61 bits per heavy atom. The van der Waals surface area contributed by atoms with E-state index in [0.29, 0.717) is 5.76 Å². The van der Waals surface area contributed by atoms with Crippen molar-refractivity contribution in [3.8, 4) is 0 Å². The summed E-state index contributed by atoms with van der Waals surface area (Å²) >= 11 is 17.0. The van der Waals surface area contributed by atoms with E-state index < -0.39 is 3.79 Å². The molecule has 0 aromatic carbocycles. The fraction of sp³-hybridized carbons (Fsp3) is 0.308. The Labute approximate surface area is 121 Å². The van der Waals surface area contributed by atoms with Gasteiger partial charge in [-0.2, -0.15) is 0 Å². The predicted octanol–water partition coefficient (Wildman–Crippen LogP) is 4.84. The smallest absolute Gasteiger partial charge is 0.248 e. The van der Waals surface area contributed by atoms with Gasteiger partial charge in [0.05, 0.1) is 0 Å². The summed E-state index contributed by atoms with van der Waals surface area (Å²) in [5.41, 5.74) is 0.804. The Kier molecular flexibility index (Phi) is 5.51. The van der Waals surface area contributed by atoms with E-state index in [1.54, 1.807) is 6.08 Å². The van der Waals surface area contributed by atoms with Crippen molar-refractivity contribution in [2.45, 2.75) is 24.1 Å². The molecule has 1 aromatic rings. The summed E-state index contributed by atoms with van der Waals surface area (Å²) in [7, 11) is 0. The molecular formula is C13H13Cl3O2. The zero-order valence-corrected chi connectivity index (χ0v) is 12.3. The maximum atomic E-state index is 11.4. The third-order valence-corrected chi connectivity index (χ3v) is 2.66. The fourth-order valence-electron chi connectivity index (χ4n) is 1.32. The summed E-state index contributed by atoms with van der Waals surface area (Å²) in [6, 6.07) is 2.51. The van der Waals surface area contributed by atoms with E-state index in [2.05, 4.69) is 0 Å². The highest BCUT2D eigenvalue weighted by Gasteiger charge is 2.26. The summed E-state index contributed by atoms with van der Waals surface area (Å²) in [6.07, 6.45) is 6.49. The van der Waals surface area contributed by atoms with E-state index in [-0.39, 0.29) is 11.2 Å².